The highest BCUT2D eigenvalue weighted by molar-refractivity contribution is 7.99. The van der Waals surface area contributed by atoms with Crippen molar-refractivity contribution in [3.63, 3.8) is 0 Å². The zero-order valence-corrected chi connectivity index (χ0v) is 17.2. The number of fused-ring (bicyclic) bond motifs is 1. The van der Waals surface area contributed by atoms with Gasteiger partial charge in [-0.15, -0.1) is 11.8 Å². The molecular formula is C22H24ClNO3S. The van der Waals surface area contributed by atoms with Crippen LogP contribution in [0.3, 0.4) is 0 Å². The van der Waals surface area contributed by atoms with E-state index in [1.165, 1.54) is 11.1 Å². The summed E-state index contributed by atoms with van der Waals surface area (Å²) in [5.74, 6) is 0.225. The van der Waals surface area contributed by atoms with E-state index in [4.69, 9.17) is 16.3 Å². The minimum absolute atomic E-state index is 0.00641. The van der Waals surface area contributed by atoms with Gasteiger partial charge in [-0.25, -0.2) is 0 Å². The van der Waals surface area contributed by atoms with Crippen molar-refractivity contribution in [1.82, 2.24) is 5.32 Å². The predicted molar refractivity (Wildman–Crippen MR) is 113 cm³/mol. The largest absolute Gasteiger partial charge is 0.456 e. The van der Waals surface area contributed by atoms with Gasteiger partial charge in [0.25, 0.3) is 5.91 Å². The van der Waals surface area contributed by atoms with Gasteiger partial charge in [0, 0.05) is 16.3 Å². The van der Waals surface area contributed by atoms with Crippen molar-refractivity contribution >= 4 is 35.2 Å². The second-order valence-corrected chi connectivity index (χ2v) is 8.38. The highest BCUT2D eigenvalue weighted by atomic mass is 35.5. The number of esters is 1. The van der Waals surface area contributed by atoms with E-state index in [0.29, 0.717) is 17.9 Å². The molecule has 1 aliphatic rings. The fraction of sp³-hybridized carbons (Fsp3) is 0.364. The maximum absolute atomic E-state index is 12.2. The van der Waals surface area contributed by atoms with Gasteiger partial charge >= 0.3 is 5.97 Å². The zero-order valence-electron chi connectivity index (χ0n) is 15.7. The van der Waals surface area contributed by atoms with E-state index in [0.717, 1.165) is 29.9 Å². The quantitative estimate of drug-likeness (QED) is 0.375. The number of carbonyl (C=O) groups excluding carboxylic acids is 2. The third kappa shape index (κ3) is 6.28. The van der Waals surface area contributed by atoms with Crippen molar-refractivity contribution in [1.29, 1.82) is 0 Å². The molecule has 3 rings (SSSR count). The number of nitrogens with one attached hydrogen (secondary N) is 1. The van der Waals surface area contributed by atoms with Crippen LogP contribution in [0.15, 0.2) is 53.4 Å². The van der Waals surface area contributed by atoms with Crippen LogP contribution in [0.2, 0.25) is 5.02 Å². The van der Waals surface area contributed by atoms with Gasteiger partial charge in [-0.05, 0) is 66.8 Å². The average molecular weight is 418 g/mol. The van der Waals surface area contributed by atoms with Crippen LogP contribution in [-0.4, -0.2) is 24.2 Å². The number of carbonyl (C=O) groups is 2. The summed E-state index contributed by atoms with van der Waals surface area (Å²) >= 11 is 7.52. The molecule has 28 heavy (non-hydrogen) atoms. The first kappa shape index (κ1) is 20.7. The van der Waals surface area contributed by atoms with Gasteiger partial charge in [0.1, 0.15) is 0 Å². The van der Waals surface area contributed by atoms with Crippen LogP contribution in [0.25, 0.3) is 0 Å². The summed E-state index contributed by atoms with van der Waals surface area (Å²) in [4.78, 5) is 25.1. The van der Waals surface area contributed by atoms with E-state index >= 15 is 0 Å². The maximum atomic E-state index is 12.2. The number of ether oxygens (including phenoxy) is 1. The lowest BCUT2D eigenvalue weighted by atomic mass is 9.88. The lowest BCUT2D eigenvalue weighted by molar-refractivity contribution is -0.148. The molecular weight excluding hydrogens is 394 g/mol. The number of thioether (sulfide) groups is 1. The summed E-state index contributed by atoms with van der Waals surface area (Å²) < 4.78 is 5.12. The number of hydrogen-bond acceptors (Lipinski definition) is 4. The molecule has 0 saturated heterocycles. The number of benzene rings is 2. The predicted octanol–water partition coefficient (Wildman–Crippen LogP) is 4.95. The van der Waals surface area contributed by atoms with E-state index < -0.39 is 0 Å². The van der Waals surface area contributed by atoms with Crippen LogP contribution >= 0.6 is 23.4 Å². The van der Waals surface area contributed by atoms with E-state index in [2.05, 4.69) is 17.4 Å². The van der Waals surface area contributed by atoms with E-state index in [9.17, 15) is 9.59 Å². The summed E-state index contributed by atoms with van der Waals surface area (Å²) in [5, 5.41) is 3.70. The zero-order chi connectivity index (χ0) is 19.8. The summed E-state index contributed by atoms with van der Waals surface area (Å²) in [5.41, 5.74) is 2.46. The topological polar surface area (TPSA) is 55.4 Å². The third-order valence-electron chi connectivity index (χ3n) is 4.68. The molecule has 0 bridgehead atoms. The Morgan fingerprint density at radius 2 is 1.93 bits per heavy atom. The molecule has 148 valence electrons. The Hall–Kier alpha value is -1.98. The van der Waals surface area contributed by atoms with E-state index in [1.54, 1.807) is 11.8 Å². The second-order valence-electron chi connectivity index (χ2n) is 6.78. The van der Waals surface area contributed by atoms with Crippen LogP contribution in [0.4, 0.5) is 0 Å². The molecule has 0 saturated carbocycles. The van der Waals surface area contributed by atoms with Gasteiger partial charge in [-0.3, -0.25) is 9.59 Å². The molecule has 0 spiro atoms. The Morgan fingerprint density at radius 1 is 1.14 bits per heavy atom. The smallest absolute Gasteiger partial charge is 0.306 e. The normalized spacial score (nSPS) is 15.5. The number of aryl methyl sites for hydroxylation is 1. The molecule has 2 aromatic rings. The van der Waals surface area contributed by atoms with Crippen molar-refractivity contribution < 1.29 is 14.3 Å². The summed E-state index contributed by atoms with van der Waals surface area (Å²) in [7, 11) is 0. The van der Waals surface area contributed by atoms with Crippen molar-refractivity contribution in [3.8, 4) is 0 Å². The molecule has 1 N–H and O–H groups in total. The fourth-order valence-corrected chi connectivity index (χ4v) is 4.27. The van der Waals surface area contributed by atoms with Crippen LogP contribution in [-0.2, 0) is 20.7 Å². The number of rotatable bonds is 8. The van der Waals surface area contributed by atoms with Gasteiger partial charge in [0.2, 0.25) is 0 Å². The van der Waals surface area contributed by atoms with Crippen LogP contribution in [0.5, 0.6) is 0 Å². The van der Waals surface area contributed by atoms with Crippen LogP contribution < -0.4 is 5.32 Å². The first-order valence-electron chi connectivity index (χ1n) is 9.53. The molecule has 2 aromatic carbocycles. The maximum Gasteiger partial charge on any atom is 0.306 e. The van der Waals surface area contributed by atoms with Crippen molar-refractivity contribution in [2.45, 2.75) is 43.0 Å². The Bertz CT molecular complexity index is 810. The second kappa shape index (κ2) is 10.5. The summed E-state index contributed by atoms with van der Waals surface area (Å²) in [6.07, 6.45) is 4.01. The molecule has 0 aromatic heterocycles. The number of hydrogen-bond donors (Lipinski definition) is 1. The standard InChI is InChI=1S/C22H24ClNO3S/c23-17-10-12-18(13-11-17)28-14-4-9-22(26)27-15-21(25)24-20-8-3-6-16-5-1-2-7-19(16)20/h1-2,5,7,10-13,20H,3-4,6,8-9,14-15H2,(H,24,25)/t20-/m1/s1. The Labute approximate surface area is 175 Å². The highest BCUT2D eigenvalue weighted by Gasteiger charge is 2.21. The molecule has 0 unspecified atom stereocenters. The van der Waals surface area contributed by atoms with E-state index in [-0.39, 0.29) is 24.5 Å². The molecule has 1 amide bonds. The molecule has 4 nitrogen and oxygen atoms in total. The first-order valence-corrected chi connectivity index (χ1v) is 10.9. The number of halogens is 1. The van der Waals surface area contributed by atoms with Crippen LogP contribution in [0, 0.1) is 0 Å². The molecule has 0 heterocycles. The first-order chi connectivity index (χ1) is 13.6. The molecule has 1 aliphatic carbocycles. The Morgan fingerprint density at radius 3 is 2.75 bits per heavy atom. The van der Waals surface area contributed by atoms with E-state index in [1.807, 2.05) is 36.4 Å². The van der Waals surface area contributed by atoms with Gasteiger partial charge in [-0.1, -0.05) is 35.9 Å². The SMILES string of the molecule is O=C(COC(=O)CCCSc1ccc(Cl)cc1)N[C@@H]1CCCc2ccccc21. The van der Waals surface area contributed by atoms with Gasteiger partial charge in [0.15, 0.2) is 6.61 Å². The summed E-state index contributed by atoms with van der Waals surface area (Å²) in [6.45, 7) is -0.220. The van der Waals surface area contributed by atoms with Crippen LogP contribution in [0.1, 0.15) is 42.9 Å². The molecule has 0 aliphatic heterocycles. The average Bonchev–Trinajstić information content (AvgIpc) is 2.71. The lowest BCUT2D eigenvalue weighted by Gasteiger charge is -2.26. The van der Waals surface area contributed by atoms with Crippen molar-refractivity contribution in [2.24, 2.45) is 0 Å². The summed E-state index contributed by atoms with van der Waals surface area (Å²) in [6, 6.07) is 15.8. The van der Waals surface area contributed by atoms with Gasteiger partial charge in [-0.2, -0.15) is 0 Å². The fourth-order valence-electron chi connectivity index (χ4n) is 3.30. The molecule has 6 heteroatoms. The van der Waals surface area contributed by atoms with Crippen molar-refractivity contribution in [3.05, 3.63) is 64.7 Å². The minimum atomic E-state index is -0.337. The Kier molecular flexibility index (Phi) is 7.80. The van der Waals surface area contributed by atoms with Gasteiger partial charge < -0.3 is 10.1 Å². The Balaban J connectivity index is 1.33. The highest BCUT2D eigenvalue weighted by Crippen LogP contribution is 2.29. The minimum Gasteiger partial charge on any atom is -0.456 e. The molecule has 0 fully saturated rings. The monoisotopic (exact) mass is 417 g/mol. The third-order valence-corrected chi connectivity index (χ3v) is 6.03. The number of amides is 1. The molecule has 1 atom stereocenters. The lowest BCUT2D eigenvalue weighted by Crippen LogP contribution is -2.34. The van der Waals surface area contributed by atoms with Crippen molar-refractivity contribution in [2.75, 3.05) is 12.4 Å². The molecule has 0 radical (unpaired) electrons. The van der Waals surface area contributed by atoms with Gasteiger partial charge in [0.05, 0.1) is 6.04 Å².